The molecule has 0 aliphatic heterocycles. The van der Waals surface area contributed by atoms with Crippen LogP contribution < -0.4 is 5.43 Å². The number of phenolic OH excluding ortho intramolecular Hbond substituents is 1. The third-order valence-corrected chi connectivity index (χ3v) is 3.64. The fraction of sp³-hybridized carbons (Fsp3) is 0.263. The Morgan fingerprint density at radius 2 is 1.83 bits per heavy atom. The predicted molar refractivity (Wildman–Crippen MR) is 93.9 cm³/mol. The fourth-order valence-corrected chi connectivity index (χ4v) is 2.14. The van der Waals surface area contributed by atoms with Crippen LogP contribution in [0.3, 0.4) is 0 Å². The molecule has 0 saturated heterocycles. The smallest absolute Gasteiger partial charge is 0.273 e. The molecule has 2 aromatic rings. The van der Waals surface area contributed by atoms with Crippen molar-refractivity contribution in [3.63, 3.8) is 0 Å². The van der Waals surface area contributed by atoms with Crippen molar-refractivity contribution >= 4 is 12.1 Å². The number of aliphatic hydroxyl groups is 1. The maximum atomic E-state index is 11.9. The van der Waals surface area contributed by atoms with Gasteiger partial charge in [-0.05, 0) is 28.7 Å². The van der Waals surface area contributed by atoms with Crippen molar-refractivity contribution in [2.45, 2.75) is 32.3 Å². The lowest BCUT2D eigenvalue weighted by Crippen LogP contribution is -2.25. The van der Waals surface area contributed by atoms with Crippen LogP contribution in [0, 0.1) is 0 Å². The molecule has 0 spiro atoms. The van der Waals surface area contributed by atoms with Gasteiger partial charge in [0.2, 0.25) is 0 Å². The van der Waals surface area contributed by atoms with Crippen LogP contribution in [-0.2, 0) is 10.2 Å². The number of hydrogen-bond acceptors (Lipinski definition) is 4. The van der Waals surface area contributed by atoms with Crippen LogP contribution in [0.25, 0.3) is 0 Å². The van der Waals surface area contributed by atoms with Crippen molar-refractivity contribution < 1.29 is 15.0 Å². The summed E-state index contributed by atoms with van der Waals surface area (Å²) in [5.74, 6) is -0.562. The van der Waals surface area contributed by atoms with Gasteiger partial charge < -0.3 is 10.2 Å². The molecule has 1 amide bonds. The number of phenols is 1. The molecule has 2 rings (SSSR count). The van der Waals surface area contributed by atoms with E-state index in [0.717, 1.165) is 5.56 Å². The number of amides is 1. The number of carbonyl (C=O) groups excluding carboxylic acids is 1. The van der Waals surface area contributed by atoms with E-state index in [-0.39, 0.29) is 11.2 Å². The van der Waals surface area contributed by atoms with Crippen molar-refractivity contribution in [3.05, 3.63) is 65.2 Å². The third-order valence-electron chi connectivity index (χ3n) is 3.64. The van der Waals surface area contributed by atoms with Gasteiger partial charge in [-0.2, -0.15) is 5.10 Å². The highest BCUT2D eigenvalue weighted by atomic mass is 16.3. The van der Waals surface area contributed by atoms with E-state index < -0.39 is 12.0 Å². The van der Waals surface area contributed by atoms with E-state index in [2.05, 4.69) is 31.3 Å². The molecule has 0 aromatic heterocycles. The van der Waals surface area contributed by atoms with E-state index >= 15 is 0 Å². The Kier molecular flexibility index (Phi) is 5.36. The summed E-state index contributed by atoms with van der Waals surface area (Å²) in [5, 5.41) is 23.7. The molecule has 0 aliphatic rings. The van der Waals surface area contributed by atoms with Crippen LogP contribution in [0.15, 0.2) is 53.6 Å². The van der Waals surface area contributed by atoms with E-state index in [0.29, 0.717) is 11.1 Å². The molecule has 0 saturated carbocycles. The standard InChI is InChI=1S/C19H22N2O3/c1-19(2,3)15-9-10-16(22)14(11-15)12-20-21-18(24)17(23)13-7-5-4-6-8-13/h4-12,17,22-23H,1-3H3,(H,21,24)/b20-12+/t17-/m0/s1. The summed E-state index contributed by atoms with van der Waals surface area (Å²) in [5.41, 5.74) is 4.24. The number of rotatable bonds is 4. The minimum absolute atomic E-state index is 0.0664. The third kappa shape index (κ3) is 4.43. The zero-order chi connectivity index (χ0) is 17.7. The molecule has 24 heavy (non-hydrogen) atoms. The summed E-state index contributed by atoms with van der Waals surface area (Å²) in [6, 6.07) is 13.9. The first-order chi connectivity index (χ1) is 11.3. The van der Waals surface area contributed by atoms with Gasteiger partial charge in [-0.25, -0.2) is 5.43 Å². The number of hydrogen-bond donors (Lipinski definition) is 3. The average molecular weight is 326 g/mol. The molecule has 0 unspecified atom stereocenters. The minimum Gasteiger partial charge on any atom is -0.507 e. The van der Waals surface area contributed by atoms with Crippen molar-refractivity contribution in [2.75, 3.05) is 0 Å². The molecule has 2 aromatic carbocycles. The molecule has 5 heteroatoms. The zero-order valence-electron chi connectivity index (χ0n) is 14.0. The van der Waals surface area contributed by atoms with E-state index in [1.807, 2.05) is 12.1 Å². The highest BCUT2D eigenvalue weighted by Crippen LogP contribution is 2.26. The zero-order valence-corrected chi connectivity index (χ0v) is 14.0. The van der Waals surface area contributed by atoms with E-state index in [1.54, 1.807) is 36.4 Å². The average Bonchev–Trinajstić information content (AvgIpc) is 2.55. The lowest BCUT2D eigenvalue weighted by Gasteiger charge is -2.19. The summed E-state index contributed by atoms with van der Waals surface area (Å²) < 4.78 is 0. The first kappa shape index (κ1) is 17.7. The molecule has 126 valence electrons. The minimum atomic E-state index is -1.29. The van der Waals surface area contributed by atoms with Gasteiger partial charge in [0, 0.05) is 5.56 Å². The largest absolute Gasteiger partial charge is 0.507 e. The second-order valence-electron chi connectivity index (χ2n) is 6.57. The number of carbonyl (C=O) groups is 1. The van der Waals surface area contributed by atoms with Crippen LogP contribution in [0.4, 0.5) is 0 Å². The molecular formula is C19H22N2O3. The highest BCUT2D eigenvalue weighted by molar-refractivity contribution is 5.86. The first-order valence-corrected chi connectivity index (χ1v) is 7.68. The van der Waals surface area contributed by atoms with Crippen LogP contribution in [0.2, 0.25) is 0 Å². The van der Waals surface area contributed by atoms with Crippen molar-refractivity contribution in [1.82, 2.24) is 5.43 Å². The monoisotopic (exact) mass is 326 g/mol. The maximum absolute atomic E-state index is 11.9. The van der Waals surface area contributed by atoms with Gasteiger partial charge in [0.05, 0.1) is 6.21 Å². The Labute approximate surface area is 141 Å². The Balaban J connectivity index is 2.08. The highest BCUT2D eigenvalue weighted by Gasteiger charge is 2.17. The number of aliphatic hydroxyl groups excluding tert-OH is 1. The van der Waals surface area contributed by atoms with Crippen LogP contribution in [-0.4, -0.2) is 22.3 Å². The Hall–Kier alpha value is -2.66. The van der Waals surface area contributed by atoms with Gasteiger partial charge in [-0.1, -0.05) is 57.2 Å². The molecule has 0 radical (unpaired) electrons. The molecule has 0 heterocycles. The summed E-state index contributed by atoms with van der Waals surface area (Å²) in [4.78, 5) is 11.9. The van der Waals surface area contributed by atoms with Gasteiger partial charge in [0.25, 0.3) is 5.91 Å². The van der Waals surface area contributed by atoms with E-state index in [4.69, 9.17) is 0 Å². The molecule has 3 N–H and O–H groups in total. The van der Waals surface area contributed by atoms with E-state index in [1.165, 1.54) is 6.21 Å². The van der Waals surface area contributed by atoms with Gasteiger partial charge in [-0.15, -0.1) is 0 Å². The van der Waals surface area contributed by atoms with Gasteiger partial charge >= 0.3 is 0 Å². The second-order valence-corrected chi connectivity index (χ2v) is 6.57. The van der Waals surface area contributed by atoms with Crippen molar-refractivity contribution in [1.29, 1.82) is 0 Å². The molecule has 0 fully saturated rings. The molecule has 1 atom stereocenters. The number of nitrogens with one attached hydrogen (secondary N) is 1. The molecular weight excluding hydrogens is 304 g/mol. The number of benzene rings is 2. The second kappa shape index (κ2) is 7.27. The predicted octanol–water partition coefficient (Wildman–Crippen LogP) is 2.87. The normalized spacial score (nSPS) is 13.0. The van der Waals surface area contributed by atoms with Crippen LogP contribution in [0.5, 0.6) is 5.75 Å². The Bertz CT molecular complexity index is 734. The SMILES string of the molecule is CC(C)(C)c1ccc(O)c(/C=N/NC(=O)[C@@H](O)c2ccccc2)c1. The van der Waals surface area contributed by atoms with E-state index in [9.17, 15) is 15.0 Å². The summed E-state index contributed by atoms with van der Waals surface area (Å²) in [6.07, 6.45) is 0.0676. The summed E-state index contributed by atoms with van der Waals surface area (Å²) in [6.45, 7) is 6.20. The van der Waals surface area contributed by atoms with Gasteiger partial charge in [0.15, 0.2) is 6.10 Å². The van der Waals surface area contributed by atoms with Gasteiger partial charge in [-0.3, -0.25) is 4.79 Å². The fourth-order valence-electron chi connectivity index (χ4n) is 2.14. The number of nitrogens with zero attached hydrogens (tertiary/aromatic N) is 1. The van der Waals surface area contributed by atoms with Gasteiger partial charge in [0.1, 0.15) is 5.75 Å². The summed E-state index contributed by atoms with van der Waals surface area (Å²) in [7, 11) is 0. The molecule has 0 bridgehead atoms. The molecule has 5 nitrogen and oxygen atoms in total. The van der Waals surface area contributed by atoms with Crippen LogP contribution in [0.1, 0.15) is 43.6 Å². The lowest BCUT2D eigenvalue weighted by atomic mass is 9.86. The molecule has 0 aliphatic carbocycles. The maximum Gasteiger partial charge on any atom is 0.273 e. The number of aromatic hydroxyl groups is 1. The topological polar surface area (TPSA) is 81.9 Å². The lowest BCUT2D eigenvalue weighted by molar-refractivity contribution is -0.129. The van der Waals surface area contributed by atoms with Crippen LogP contribution >= 0.6 is 0 Å². The first-order valence-electron chi connectivity index (χ1n) is 7.68. The van der Waals surface area contributed by atoms with Crippen molar-refractivity contribution in [3.8, 4) is 5.75 Å². The van der Waals surface area contributed by atoms with Crippen molar-refractivity contribution in [2.24, 2.45) is 5.10 Å². The quantitative estimate of drug-likeness (QED) is 0.597. The Morgan fingerprint density at radius 3 is 2.46 bits per heavy atom. The number of hydrazone groups is 1. The summed E-state index contributed by atoms with van der Waals surface area (Å²) >= 11 is 0. The Morgan fingerprint density at radius 1 is 1.17 bits per heavy atom.